The first-order valence-corrected chi connectivity index (χ1v) is 5.09. The van der Waals surface area contributed by atoms with Gasteiger partial charge >= 0.3 is 5.97 Å². The van der Waals surface area contributed by atoms with E-state index in [1.54, 1.807) is 0 Å². The van der Waals surface area contributed by atoms with Crippen LogP contribution >= 0.6 is 0 Å². The van der Waals surface area contributed by atoms with E-state index >= 15 is 0 Å². The van der Waals surface area contributed by atoms with Crippen LogP contribution in [0, 0.1) is 11.3 Å². The van der Waals surface area contributed by atoms with Gasteiger partial charge in [-0.15, -0.1) is 0 Å². The van der Waals surface area contributed by atoms with Gasteiger partial charge in [0, 0.05) is 6.42 Å². The van der Waals surface area contributed by atoms with E-state index in [-0.39, 0.29) is 6.42 Å². The third-order valence-corrected chi connectivity index (χ3v) is 2.16. The Hall–Kier alpha value is -2.35. The van der Waals surface area contributed by atoms with Gasteiger partial charge in [-0.2, -0.15) is 5.26 Å². The summed E-state index contributed by atoms with van der Waals surface area (Å²) >= 11 is 0. The molecule has 0 saturated carbocycles. The van der Waals surface area contributed by atoms with Gasteiger partial charge in [-0.25, -0.2) is 4.79 Å². The van der Waals surface area contributed by atoms with Crippen LogP contribution in [-0.2, 0) is 16.0 Å². The summed E-state index contributed by atoms with van der Waals surface area (Å²) < 4.78 is 0. The summed E-state index contributed by atoms with van der Waals surface area (Å²) in [5.41, 5.74) is 0.992. The zero-order valence-electron chi connectivity index (χ0n) is 9.09. The molecule has 1 rings (SSSR count). The summed E-state index contributed by atoms with van der Waals surface area (Å²) in [7, 11) is 0. The summed E-state index contributed by atoms with van der Waals surface area (Å²) in [4.78, 5) is 21.9. The van der Waals surface area contributed by atoms with Crippen molar-refractivity contribution >= 4 is 11.9 Å². The number of carboxylic acids is 1. The Morgan fingerprint density at radius 3 is 2.53 bits per heavy atom. The Bertz CT molecular complexity index is 437. The van der Waals surface area contributed by atoms with Crippen LogP contribution in [0.2, 0.25) is 0 Å². The quantitative estimate of drug-likeness (QED) is 0.782. The first-order chi connectivity index (χ1) is 8.13. The van der Waals surface area contributed by atoms with Crippen LogP contribution in [0.1, 0.15) is 12.0 Å². The lowest BCUT2D eigenvalue weighted by molar-refractivity contribution is -0.140. The number of amides is 1. The summed E-state index contributed by atoms with van der Waals surface area (Å²) in [6.45, 7) is 0. The second-order valence-corrected chi connectivity index (χ2v) is 3.45. The van der Waals surface area contributed by atoms with Crippen LogP contribution in [0.15, 0.2) is 30.3 Å². The van der Waals surface area contributed by atoms with Gasteiger partial charge in [0.1, 0.15) is 0 Å². The number of hydrogen-bond acceptors (Lipinski definition) is 3. The molecule has 0 spiro atoms. The molecular formula is C12H12N2O3. The van der Waals surface area contributed by atoms with Gasteiger partial charge in [-0.1, -0.05) is 30.3 Å². The van der Waals surface area contributed by atoms with Crippen LogP contribution in [-0.4, -0.2) is 23.0 Å². The largest absolute Gasteiger partial charge is 0.479 e. The Morgan fingerprint density at radius 1 is 1.35 bits per heavy atom. The Balaban J connectivity index is 2.41. The predicted molar refractivity (Wildman–Crippen MR) is 59.9 cm³/mol. The van der Waals surface area contributed by atoms with Gasteiger partial charge in [0.2, 0.25) is 11.9 Å². The van der Waals surface area contributed by atoms with E-state index in [1.165, 1.54) is 6.07 Å². The van der Waals surface area contributed by atoms with Crippen molar-refractivity contribution in [3.63, 3.8) is 0 Å². The van der Waals surface area contributed by atoms with Crippen molar-refractivity contribution in [3.8, 4) is 6.07 Å². The van der Waals surface area contributed by atoms with E-state index in [0.29, 0.717) is 6.42 Å². The molecule has 0 radical (unpaired) electrons. The SMILES string of the molecule is N#CC(NC(=O)CCc1ccccc1)C(=O)O. The van der Waals surface area contributed by atoms with Crippen molar-refractivity contribution in [2.75, 3.05) is 0 Å². The fourth-order valence-electron chi connectivity index (χ4n) is 1.28. The molecule has 5 nitrogen and oxygen atoms in total. The fraction of sp³-hybridized carbons (Fsp3) is 0.250. The third-order valence-electron chi connectivity index (χ3n) is 2.16. The number of aryl methyl sites for hydroxylation is 1. The normalized spacial score (nSPS) is 11.2. The lowest BCUT2D eigenvalue weighted by Crippen LogP contribution is -2.39. The maximum Gasteiger partial charge on any atom is 0.341 e. The number of aliphatic carboxylic acids is 1. The minimum atomic E-state index is -1.47. The number of hydrogen-bond donors (Lipinski definition) is 2. The standard InChI is InChI=1S/C12H12N2O3/c13-8-10(12(16)17)14-11(15)7-6-9-4-2-1-3-5-9/h1-5,10H,6-7H2,(H,14,15)(H,16,17). The first kappa shape index (κ1) is 12.7. The molecule has 1 atom stereocenters. The summed E-state index contributed by atoms with van der Waals surface area (Å²) in [6, 6.07) is 9.39. The second kappa shape index (κ2) is 6.28. The van der Waals surface area contributed by atoms with Crippen LogP contribution in [0.4, 0.5) is 0 Å². The molecule has 2 N–H and O–H groups in total. The Morgan fingerprint density at radius 2 is 2.00 bits per heavy atom. The summed E-state index contributed by atoms with van der Waals surface area (Å²) in [6.07, 6.45) is 0.680. The van der Waals surface area contributed by atoms with E-state index in [4.69, 9.17) is 10.4 Å². The molecule has 0 aromatic heterocycles. The Kier molecular flexibility index (Phi) is 4.70. The van der Waals surface area contributed by atoms with Gasteiger partial charge in [0.25, 0.3) is 0 Å². The predicted octanol–water partition coefficient (Wildman–Crippen LogP) is 0.712. The molecule has 1 aromatic rings. The molecule has 0 bridgehead atoms. The van der Waals surface area contributed by atoms with E-state index in [0.717, 1.165) is 5.56 Å². The average Bonchev–Trinajstić information content (AvgIpc) is 2.34. The number of carbonyl (C=O) groups is 2. The molecule has 1 unspecified atom stereocenters. The molecule has 0 saturated heterocycles. The molecule has 1 amide bonds. The Labute approximate surface area is 98.7 Å². The maximum atomic E-state index is 11.4. The minimum Gasteiger partial charge on any atom is -0.479 e. The fourth-order valence-corrected chi connectivity index (χ4v) is 1.28. The lowest BCUT2D eigenvalue weighted by Gasteiger charge is -2.06. The van der Waals surface area contributed by atoms with E-state index in [2.05, 4.69) is 5.32 Å². The van der Waals surface area contributed by atoms with Crippen molar-refractivity contribution in [2.24, 2.45) is 0 Å². The van der Waals surface area contributed by atoms with E-state index in [9.17, 15) is 9.59 Å². The smallest absolute Gasteiger partial charge is 0.341 e. The van der Waals surface area contributed by atoms with Crippen LogP contribution in [0.3, 0.4) is 0 Å². The number of nitrogens with one attached hydrogen (secondary N) is 1. The number of nitriles is 1. The minimum absolute atomic E-state index is 0.162. The average molecular weight is 232 g/mol. The number of carbonyl (C=O) groups excluding carboxylic acids is 1. The first-order valence-electron chi connectivity index (χ1n) is 5.09. The number of nitrogens with zero attached hydrogens (tertiary/aromatic N) is 1. The second-order valence-electron chi connectivity index (χ2n) is 3.45. The summed E-state index contributed by atoms with van der Waals surface area (Å²) in [5, 5.41) is 19.2. The topological polar surface area (TPSA) is 90.2 Å². The van der Waals surface area contributed by atoms with Gasteiger partial charge in [0.05, 0.1) is 6.07 Å². The van der Waals surface area contributed by atoms with Gasteiger partial charge in [-0.3, -0.25) is 4.79 Å². The lowest BCUT2D eigenvalue weighted by atomic mass is 10.1. The molecule has 0 aliphatic rings. The van der Waals surface area contributed by atoms with Gasteiger partial charge < -0.3 is 10.4 Å². The van der Waals surface area contributed by atoms with Crippen molar-refractivity contribution in [2.45, 2.75) is 18.9 Å². The monoisotopic (exact) mass is 232 g/mol. The molecule has 1 aromatic carbocycles. The molecule has 17 heavy (non-hydrogen) atoms. The molecule has 0 aliphatic carbocycles. The number of rotatable bonds is 5. The number of benzene rings is 1. The van der Waals surface area contributed by atoms with Gasteiger partial charge in [-0.05, 0) is 12.0 Å². The molecule has 0 fully saturated rings. The van der Waals surface area contributed by atoms with Gasteiger partial charge in [0.15, 0.2) is 0 Å². The molecule has 0 aliphatic heterocycles. The van der Waals surface area contributed by atoms with Crippen LogP contribution in [0.5, 0.6) is 0 Å². The maximum absolute atomic E-state index is 11.4. The molecule has 5 heteroatoms. The third kappa shape index (κ3) is 4.34. The molecule has 0 heterocycles. The molecule has 88 valence electrons. The highest BCUT2D eigenvalue weighted by Gasteiger charge is 2.18. The zero-order chi connectivity index (χ0) is 12.7. The zero-order valence-corrected chi connectivity index (χ0v) is 9.09. The number of carboxylic acid groups (broad SMARTS) is 1. The van der Waals surface area contributed by atoms with Crippen LogP contribution in [0.25, 0.3) is 0 Å². The van der Waals surface area contributed by atoms with Crippen molar-refractivity contribution in [3.05, 3.63) is 35.9 Å². The highest BCUT2D eigenvalue weighted by Crippen LogP contribution is 2.02. The van der Waals surface area contributed by atoms with Crippen molar-refractivity contribution in [1.82, 2.24) is 5.32 Å². The van der Waals surface area contributed by atoms with Crippen LogP contribution < -0.4 is 5.32 Å². The molecular weight excluding hydrogens is 220 g/mol. The highest BCUT2D eigenvalue weighted by molar-refractivity contribution is 5.85. The van der Waals surface area contributed by atoms with Crippen molar-refractivity contribution in [1.29, 1.82) is 5.26 Å². The van der Waals surface area contributed by atoms with Crippen molar-refractivity contribution < 1.29 is 14.7 Å². The summed E-state index contributed by atoms with van der Waals surface area (Å²) in [5.74, 6) is -1.79. The highest BCUT2D eigenvalue weighted by atomic mass is 16.4. The van der Waals surface area contributed by atoms with E-state index < -0.39 is 17.9 Å². The van der Waals surface area contributed by atoms with E-state index in [1.807, 2.05) is 30.3 Å².